The minimum absolute atomic E-state index is 0.131. The van der Waals surface area contributed by atoms with Crippen LogP contribution in [0.2, 0.25) is 5.02 Å². The Balaban J connectivity index is 1.92. The molecule has 0 fully saturated rings. The molecule has 182 valence electrons. The van der Waals surface area contributed by atoms with Crippen molar-refractivity contribution in [2.75, 3.05) is 12.4 Å². The summed E-state index contributed by atoms with van der Waals surface area (Å²) >= 11 is 6.31. The van der Waals surface area contributed by atoms with Crippen molar-refractivity contribution in [1.29, 1.82) is 0 Å². The molecule has 35 heavy (non-hydrogen) atoms. The van der Waals surface area contributed by atoms with E-state index < -0.39 is 52.9 Å². The van der Waals surface area contributed by atoms with Gasteiger partial charge in [0.05, 0.1) is 21.9 Å². The number of amides is 1. The molecule has 0 spiro atoms. The van der Waals surface area contributed by atoms with Gasteiger partial charge in [0.25, 0.3) is 0 Å². The van der Waals surface area contributed by atoms with E-state index in [1.54, 1.807) is 24.0 Å². The van der Waals surface area contributed by atoms with Crippen LogP contribution < -0.4 is 22.0 Å². The molecule has 4 rings (SSSR count). The predicted molar refractivity (Wildman–Crippen MR) is 122 cm³/mol. The van der Waals surface area contributed by atoms with Gasteiger partial charge in [-0.2, -0.15) is 10.1 Å². The number of fused-ring (bicyclic) bond motifs is 1. The number of aryl methyl sites for hydroxylation is 1. The van der Waals surface area contributed by atoms with Gasteiger partial charge in [0, 0.05) is 50.8 Å². The number of hydrogen-bond donors (Lipinski definition) is 2. The van der Waals surface area contributed by atoms with Crippen molar-refractivity contribution in [2.45, 2.75) is 13.0 Å². The monoisotopic (exact) mass is 507 g/mol. The number of benzene rings is 2. The molecule has 0 unspecified atom stereocenters. The Morgan fingerprint density at radius 2 is 1.80 bits per heavy atom. The van der Waals surface area contributed by atoms with E-state index in [-0.39, 0.29) is 23.2 Å². The molecule has 1 amide bonds. The van der Waals surface area contributed by atoms with E-state index in [0.717, 1.165) is 0 Å². The van der Waals surface area contributed by atoms with E-state index in [1.807, 2.05) is 0 Å². The van der Waals surface area contributed by atoms with Crippen molar-refractivity contribution < 1.29 is 18.0 Å². The second-order valence-electron chi connectivity index (χ2n) is 7.45. The maximum Gasteiger partial charge on any atom is 0.354 e. The van der Waals surface area contributed by atoms with E-state index in [0.29, 0.717) is 26.1 Å². The number of anilines is 2. The Kier molecular flexibility index (Phi) is 6.35. The molecule has 2 N–H and O–H groups in total. The number of hydrogen-bond acceptors (Lipinski definition) is 6. The summed E-state index contributed by atoms with van der Waals surface area (Å²) in [6, 6.07) is 3.79. The number of nitrogens with one attached hydrogen (secondary N) is 2. The molecule has 0 aliphatic rings. The summed E-state index contributed by atoms with van der Waals surface area (Å²) in [6.45, 7) is -0.391. The van der Waals surface area contributed by atoms with Crippen LogP contribution in [0.4, 0.5) is 24.8 Å². The SMILES string of the molecule is CNC(=O)CCn1c(=O)nc(Nc2cc3cn(C)nc3cc2Cl)n(-c2cc(F)c(F)cc2F)c1=O. The number of aromatic nitrogens is 5. The topological polar surface area (TPSA) is 116 Å². The molecule has 10 nitrogen and oxygen atoms in total. The van der Waals surface area contributed by atoms with Crippen molar-refractivity contribution in [3.8, 4) is 5.69 Å². The van der Waals surface area contributed by atoms with Crippen LogP contribution in [0.5, 0.6) is 0 Å². The Labute approximate surface area is 199 Å². The lowest BCUT2D eigenvalue weighted by molar-refractivity contribution is -0.120. The number of carbonyl (C=O) groups excluding carboxylic acids is 1. The van der Waals surface area contributed by atoms with Crippen LogP contribution >= 0.6 is 11.6 Å². The van der Waals surface area contributed by atoms with Gasteiger partial charge in [-0.1, -0.05) is 11.6 Å². The third-order valence-electron chi connectivity index (χ3n) is 5.09. The molecule has 0 aliphatic carbocycles. The Morgan fingerprint density at radius 1 is 1.09 bits per heavy atom. The van der Waals surface area contributed by atoms with E-state index in [9.17, 15) is 27.6 Å². The van der Waals surface area contributed by atoms with Gasteiger partial charge in [0.2, 0.25) is 11.9 Å². The first-order valence-electron chi connectivity index (χ1n) is 10.1. The summed E-state index contributed by atoms with van der Waals surface area (Å²) < 4.78 is 44.9. The molecule has 0 saturated carbocycles. The number of nitrogens with zero attached hydrogens (tertiary/aromatic N) is 5. The van der Waals surface area contributed by atoms with E-state index in [1.165, 1.54) is 13.1 Å². The molecule has 0 radical (unpaired) electrons. The second-order valence-corrected chi connectivity index (χ2v) is 7.85. The lowest BCUT2D eigenvalue weighted by Crippen LogP contribution is -2.43. The molecule has 0 aliphatic heterocycles. The maximum absolute atomic E-state index is 14.7. The molecule has 14 heteroatoms. The van der Waals surface area contributed by atoms with Crippen LogP contribution in [0, 0.1) is 17.5 Å². The van der Waals surface area contributed by atoms with Crippen molar-refractivity contribution in [3.63, 3.8) is 0 Å². The average molecular weight is 508 g/mol. The van der Waals surface area contributed by atoms with Gasteiger partial charge in [-0.25, -0.2) is 31.9 Å². The predicted octanol–water partition coefficient (Wildman–Crippen LogP) is 2.23. The number of halogens is 4. The summed E-state index contributed by atoms with van der Waals surface area (Å²) in [5.41, 5.74) is -2.17. The van der Waals surface area contributed by atoms with Gasteiger partial charge in [-0.15, -0.1) is 0 Å². The molecule has 2 aromatic carbocycles. The third-order valence-corrected chi connectivity index (χ3v) is 5.41. The quantitative estimate of drug-likeness (QED) is 0.387. The largest absolute Gasteiger partial charge is 0.359 e. The van der Waals surface area contributed by atoms with Crippen LogP contribution in [0.1, 0.15) is 6.42 Å². The minimum Gasteiger partial charge on any atom is -0.359 e. The third kappa shape index (κ3) is 4.62. The smallest absolute Gasteiger partial charge is 0.354 e. The highest BCUT2D eigenvalue weighted by Gasteiger charge is 2.21. The van der Waals surface area contributed by atoms with Gasteiger partial charge in [0.15, 0.2) is 17.5 Å². The lowest BCUT2D eigenvalue weighted by Gasteiger charge is -2.17. The van der Waals surface area contributed by atoms with Crippen LogP contribution in [0.3, 0.4) is 0 Å². The van der Waals surface area contributed by atoms with E-state index in [2.05, 4.69) is 20.7 Å². The molecular weight excluding hydrogens is 491 g/mol. The first-order valence-corrected chi connectivity index (χ1v) is 10.5. The van der Waals surface area contributed by atoms with Crippen LogP contribution in [-0.4, -0.2) is 36.9 Å². The van der Waals surface area contributed by atoms with Crippen LogP contribution in [0.15, 0.2) is 40.1 Å². The summed E-state index contributed by atoms with van der Waals surface area (Å²) in [4.78, 5) is 41.3. The fourth-order valence-corrected chi connectivity index (χ4v) is 3.60. The van der Waals surface area contributed by atoms with Gasteiger partial charge < -0.3 is 10.6 Å². The highest BCUT2D eigenvalue weighted by molar-refractivity contribution is 6.34. The van der Waals surface area contributed by atoms with Crippen molar-refractivity contribution >= 4 is 40.0 Å². The first kappa shape index (κ1) is 24.0. The molecule has 4 aromatic rings. The zero-order chi connectivity index (χ0) is 25.4. The maximum atomic E-state index is 14.7. The standard InChI is InChI=1S/C21H17ClF3N7O3/c1-26-18(33)3-4-31-20(34)28-19(27-16-5-10-9-30(2)29-15(10)6-11(16)22)32(21(31)35)17-8-13(24)12(23)7-14(17)25/h5-9H,3-4H2,1-2H3,(H,26,33)(H,27,28,34). The van der Waals surface area contributed by atoms with Gasteiger partial charge >= 0.3 is 11.4 Å². The summed E-state index contributed by atoms with van der Waals surface area (Å²) in [7, 11) is 3.07. The zero-order valence-corrected chi connectivity index (χ0v) is 19.0. The van der Waals surface area contributed by atoms with E-state index in [4.69, 9.17) is 11.6 Å². The zero-order valence-electron chi connectivity index (χ0n) is 18.3. The molecule has 2 heterocycles. The fraction of sp³-hybridized carbons (Fsp3) is 0.190. The summed E-state index contributed by atoms with van der Waals surface area (Å²) in [6.07, 6.45) is 1.42. The van der Waals surface area contributed by atoms with Gasteiger partial charge in [-0.3, -0.25) is 9.48 Å². The Hall–Kier alpha value is -4.13. The molecule has 2 aromatic heterocycles. The summed E-state index contributed by atoms with van der Waals surface area (Å²) in [5.74, 6) is -5.18. The molecule has 0 saturated heterocycles. The van der Waals surface area contributed by atoms with Crippen molar-refractivity contribution in [2.24, 2.45) is 7.05 Å². The van der Waals surface area contributed by atoms with E-state index >= 15 is 0 Å². The summed E-state index contributed by atoms with van der Waals surface area (Å²) in [5, 5.41) is 10.0. The number of rotatable bonds is 6. The van der Waals surface area contributed by atoms with Gasteiger partial charge in [0.1, 0.15) is 0 Å². The normalized spacial score (nSPS) is 11.1. The highest BCUT2D eigenvalue weighted by atomic mass is 35.5. The second kappa shape index (κ2) is 9.25. The van der Waals surface area contributed by atoms with Crippen LogP contribution in [-0.2, 0) is 18.4 Å². The van der Waals surface area contributed by atoms with Crippen molar-refractivity contribution in [3.05, 3.63) is 73.9 Å². The lowest BCUT2D eigenvalue weighted by atomic mass is 10.2. The number of carbonyl (C=O) groups is 1. The first-order chi connectivity index (χ1) is 16.6. The molecule has 0 bridgehead atoms. The molecular formula is C21H17ClF3N7O3. The Bertz CT molecular complexity index is 1600. The molecule has 0 atom stereocenters. The Morgan fingerprint density at radius 3 is 2.51 bits per heavy atom. The van der Waals surface area contributed by atoms with Gasteiger partial charge in [-0.05, 0) is 12.1 Å². The van der Waals surface area contributed by atoms with Crippen molar-refractivity contribution in [1.82, 2.24) is 29.2 Å². The van der Waals surface area contributed by atoms with Crippen LogP contribution in [0.25, 0.3) is 16.6 Å². The minimum atomic E-state index is -1.47. The highest BCUT2D eigenvalue weighted by Crippen LogP contribution is 2.30. The fourth-order valence-electron chi connectivity index (χ4n) is 3.39. The average Bonchev–Trinajstić information content (AvgIpc) is 3.15.